The van der Waals surface area contributed by atoms with Crippen LogP contribution < -0.4 is 0 Å². The Morgan fingerprint density at radius 3 is 2.32 bits per heavy atom. The molecule has 1 aromatic carbocycles. The minimum atomic E-state index is -4.67. The predicted octanol–water partition coefficient (Wildman–Crippen LogP) is 5.85. The van der Waals surface area contributed by atoms with Crippen molar-refractivity contribution in [1.29, 1.82) is 0 Å². The Kier molecular flexibility index (Phi) is 5.18. The maximum atomic E-state index is 14.0. The third kappa shape index (κ3) is 4.27. The van der Waals surface area contributed by atoms with Crippen molar-refractivity contribution in [1.82, 2.24) is 0 Å². The van der Waals surface area contributed by atoms with Gasteiger partial charge in [0, 0.05) is 5.92 Å². The van der Waals surface area contributed by atoms with Crippen molar-refractivity contribution in [2.45, 2.75) is 37.8 Å². The second-order valence-electron chi connectivity index (χ2n) is 5.45. The Balaban J connectivity index is 2.23. The minimum absolute atomic E-state index is 0.0717. The van der Waals surface area contributed by atoms with E-state index in [1.807, 2.05) is 6.08 Å². The lowest BCUT2D eigenvalue weighted by atomic mass is 9.78. The van der Waals surface area contributed by atoms with E-state index in [1.165, 1.54) is 12.1 Å². The van der Waals surface area contributed by atoms with Crippen molar-refractivity contribution >= 4 is 11.6 Å². The average molecular weight is 331 g/mol. The fourth-order valence-corrected chi connectivity index (χ4v) is 3.03. The lowest BCUT2D eigenvalue weighted by Gasteiger charge is -2.27. The SMILES string of the molecule is C=CC1CCC(c2cc(F)c(C#CC(F)(F)F)c(Cl)c2)CC1. The molecule has 1 aliphatic carbocycles. The standard InChI is InChI=1S/C17H15ClF4/c1-2-11-3-5-12(6-4-11)13-9-15(18)14(16(19)10-13)7-8-17(20,21)22/h2,9-12H,1,3-6H2. The highest BCUT2D eigenvalue weighted by Gasteiger charge is 2.24. The second-order valence-corrected chi connectivity index (χ2v) is 5.86. The molecule has 0 radical (unpaired) electrons. The van der Waals surface area contributed by atoms with Crippen LogP contribution in [0.2, 0.25) is 5.02 Å². The zero-order valence-electron chi connectivity index (χ0n) is 11.8. The molecule has 0 bridgehead atoms. The van der Waals surface area contributed by atoms with Gasteiger partial charge in [0.1, 0.15) is 5.82 Å². The van der Waals surface area contributed by atoms with Gasteiger partial charge in [-0.3, -0.25) is 0 Å². The van der Waals surface area contributed by atoms with Crippen LogP contribution in [0.4, 0.5) is 17.6 Å². The van der Waals surface area contributed by atoms with Crippen molar-refractivity contribution in [3.05, 3.63) is 46.8 Å². The molecule has 0 aromatic heterocycles. The molecule has 0 N–H and O–H groups in total. The molecule has 2 rings (SSSR count). The summed E-state index contributed by atoms with van der Waals surface area (Å²) in [5.74, 6) is 2.67. The molecule has 5 heteroatoms. The van der Waals surface area contributed by atoms with E-state index in [4.69, 9.17) is 11.6 Å². The number of hydrogen-bond donors (Lipinski definition) is 0. The van der Waals surface area contributed by atoms with Gasteiger partial charge >= 0.3 is 6.18 Å². The monoisotopic (exact) mass is 330 g/mol. The first-order chi connectivity index (χ1) is 10.3. The van der Waals surface area contributed by atoms with Crippen molar-refractivity contribution < 1.29 is 17.6 Å². The van der Waals surface area contributed by atoms with Gasteiger partial charge in [-0.1, -0.05) is 23.6 Å². The molecule has 0 atom stereocenters. The molecule has 0 amide bonds. The molecule has 0 saturated heterocycles. The molecule has 22 heavy (non-hydrogen) atoms. The van der Waals surface area contributed by atoms with Crippen molar-refractivity contribution in [3.63, 3.8) is 0 Å². The van der Waals surface area contributed by atoms with Gasteiger partial charge < -0.3 is 0 Å². The molecule has 1 saturated carbocycles. The predicted molar refractivity (Wildman–Crippen MR) is 79.2 cm³/mol. The number of rotatable bonds is 2. The topological polar surface area (TPSA) is 0 Å². The van der Waals surface area contributed by atoms with Gasteiger partial charge in [-0.25, -0.2) is 4.39 Å². The van der Waals surface area contributed by atoms with Crippen molar-refractivity contribution in [3.8, 4) is 11.8 Å². The Labute approximate surface area is 132 Å². The fourth-order valence-electron chi connectivity index (χ4n) is 2.77. The number of benzene rings is 1. The van der Waals surface area contributed by atoms with Gasteiger partial charge in [0.25, 0.3) is 0 Å². The zero-order chi connectivity index (χ0) is 16.3. The van der Waals surface area contributed by atoms with Crippen molar-refractivity contribution in [2.24, 2.45) is 5.92 Å². The van der Waals surface area contributed by atoms with Crippen LogP contribution in [0, 0.1) is 23.6 Å². The molecular weight excluding hydrogens is 316 g/mol. The summed E-state index contributed by atoms with van der Waals surface area (Å²) in [7, 11) is 0. The van der Waals surface area contributed by atoms with Crippen molar-refractivity contribution in [2.75, 3.05) is 0 Å². The Morgan fingerprint density at radius 2 is 1.82 bits per heavy atom. The van der Waals surface area contributed by atoms with E-state index in [0.717, 1.165) is 37.2 Å². The number of halogens is 5. The highest BCUT2D eigenvalue weighted by molar-refractivity contribution is 6.31. The summed E-state index contributed by atoms with van der Waals surface area (Å²) >= 11 is 5.91. The molecule has 0 aliphatic heterocycles. The van der Waals surface area contributed by atoms with E-state index in [9.17, 15) is 17.6 Å². The molecule has 1 aromatic rings. The number of alkyl halides is 3. The largest absolute Gasteiger partial charge is 0.458 e. The smallest absolute Gasteiger partial charge is 0.206 e. The van der Waals surface area contributed by atoms with Crippen LogP contribution in [-0.4, -0.2) is 6.18 Å². The molecule has 118 valence electrons. The van der Waals surface area contributed by atoms with Gasteiger partial charge in [-0.2, -0.15) is 13.2 Å². The van der Waals surface area contributed by atoms with Gasteiger partial charge in [-0.05, 0) is 55.2 Å². The molecule has 0 spiro atoms. The maximum Gasteiger partial charge on any atom is 0.458 e. The normalized spacial score (nSPS) is 21.9. The molecule has 1 aliphatic rings. The third-order valence-corrected chi connectivity index (χ3v) is 4.27. The van der Waals surface area contributed by atoms with Crippen LogP contribution in [0.25, 0.3) is 0 Å². The highest BCUT2D eigenvalue weighted by atomic mass is 35.5. The summed E-state index contributed by atoms with van der Waals surface area (Å²) in [5, 5.41) is -0.0717. The Hall–Kier alpha value is -1.47. The number of hydrogen-bond acceptors (Lipinski definition) is 0. The molecule has 0 nitrogen and oxygen atoms in total. The van der Waals surface area contributed by atoms with E-state index in [0.29, 0.717) is 5.92 Å². The van der Waals surface area contributed by atoms with E-state index in [2.05, 4.69) is 6.58 Å². The molecule has 0 heterocycles. The van der Waals surface area contributed by atoms with Crippen LogP contribution >= 0.6 is 11.6 Å². The fraction of sp³-hybridized carbons (Fsp3) is 0.412. The number of allylic oxidation sites excluding steroid dienone is 1. The summed E-state index contributed by atoms with van der Waals surface area (Å²) in [4.78, 5) is 0. The summed E-state index contributed by atoms with van der Waals surface area (Å²) in [6, 6.07) is 2.79. The Morgan fingerprint density at radius 1 is 1.18 bits per heavy atom. The van der Waals surface area contributed by atoms with Gasteiger partial charge in [0.05, 0.1) is 10.6 Å². The summed E-state index contributed by atoms with van der Waals surface area (Å²) < 4.78 is 50.3. The quantitative estimate of drug-likeness (QED) is 0.362. The first kappa shape index (κ1) is 16.9. The van der Waals surface area contributed by atoms with E-state index in [-0.39, 0.29) is 10.9 Å². The highest BCUT2D eigenvalue weighted by Crippen LogP contribution is 2.37. The third-order valence-electron chi connectivity index (χ3n) is 3.97. The van der Waals surface area contributed by atoms with Gasteiger partial charge in [-0.15, -0.1) is 6.58 Å². The zero-order valence-corrected chi connectivity index (χ0v) is 12.6. The summed E-state index contributed by atoms with van der Waals surface area (Å²) in [6.07, 6.45) is 0.989. The minimum Gasteiger partial charge on any atom is -0.206 e. The second kappa shape index (κ2) is 6.75. The summed E-state index contributed by atoms with van der Waals surface area (Å²) in [5.41, 5.74) is 0.324. The van der Waals surface area contributed by atoms with Gasteiger partial charge in [0.15, 0.2) is 0 Å². The van der Waals surface area contributed by atoms with Crippen LogP contribution in [0.15, 0.2) is 24.8 Å². The van der Waals surface area contributed by atoms with E-state index >= 15 is 0 Å². The first-order valence-electron chi connectivity index (χ1n) is 7.01. The average Bonchev–Trinajstić information content (AvgIpc) is 2.45. The van der Waals surface area contributed by atoms with Gasteiger partial charge in [0.2, 0.25) is 0 Å². The summed E-state index contributed by atoms with van der Waals surface area (Å²) in [6.45, 7) is 3.77. The van der Waals surface area contributed by atoms with Crippen LogP contribution in [-0.2, 0) is 0 Å². The van der Waals surface area contributed by atoms with E-state index in [1.54, 1.807) is 5.92 Å². The van der Waals surface area contributed by atoms with E-state index < -0.39 is 17.6 Å². The van der Waals surface area contributed by atoms with Crippen LogP contribution in [0.3, 0.4) is 0 Å². The molecule has 0 unspecified atom stereocenters. The van der Waals surface area contributed by atoms with Crippen LogP contribution in [0.1, 0.15) is 42.7 Å². The molecular formula is C17H15ClF4. The van der Waals surface area contributed by atoms with Crippen LogP contribution in [0.5, 0.6) is 0 Å². The Bertz CT molecular complexity index is 591. The lowest BCUT2D eigenvalue weighted by Crippen LogP contribution is -2.12. The maximum absolute atomic E-state index is 14.0. The molecule has 1 fully saturated rings. The lowest BCUT2D eigenvalue weighted by molar-refractivity contribution is -0.0696. The first-order valence-corrected chi connectivity index (χ1v) is 7.39.